The normalized spacial score (nSPS) is 12.2. The summed E-state index contributed by atoms with van der Waals surface area (Å²) in [5.41, 5.74) is 0.723. The lowest BCUT2D eigenvalue weighted by Gasteiger charge is -2.10. The molecule has 2 N–H and O–H groups in total. The minimum atomic E-state index is -0.565. The number of aliphatic hydroxyl groups excluding tert-OH is 1. The molecule has 1 aromatic carbocycles. The molecule has 0 radical (unpaired) electrons. The van der Waals surface area contributed by atoms with E-state index in [-0.39, 0.29) is 18.9 Å². The van der Waals surface area contributed by atoms with Crippen molar-refractivity contribution in [3.63, 3.8) is 0 Å². The molecule has 1 aromatic rings. The number of nitrogens with one attached hydrogen (secondary N) is 1. The third-order valence-corrected chi connectivity index (χ3v) is 3.11. The molecule has 0 aliphatic carbocycles. The number of aliphatic hydroxyl groups is 1. The molecule has 0 spiro atoms. The zero-order valence-corrected chi connectivity index (χ0v) is 12.2. The number of rotatable bonds is 7. The Kier molecular flexibility index (Phi) is 7.16. The fraction of sp³-hybridized carbons (Fsp3) is 0.462. The van der Waals surface area contributed by atoms with Crippen LogP contribution >= 0.6 is 23.2 Å². The Morgan fingerprint density at radius 2 is 2.21 bits per heavy atom. The molecular weight excluding hydrogens is 289 g/mol. The SMILES string of the molecule is COCC(O)CCNC(=O)Cc1ccc(Cl)cc1Cl. The van der Waals surface area contributed by atoms with Gasteiger partial charge in [0, 0.05) is 23.7 Å². The standard InChI is InChI=1S/C13H17Cl2NO3/c1-19-8-11(17)4-5-16-13(18)6-9-2-3-10(14)7-12(9)15/h2-3,7,11,17H,4-6,8H2,1H3,(H,16,18). The number of hydrogen-bond acceptors (Lipinski definition) is 3. The Hall–Kier alpha value is -0.810. The van der Waals surface area contributed by atoms with E-state index in [2.05, 4.69) is 5.32 Å². The molecule has 0 bridgehead atoms. The minimum Gasteiger partial charge on any atom is -0.391 e. The average Bonchev–Trinajstić information content (AvgIpc) is 2.33. The Labute approximate surface area is 122 Å². The first kappa shape index (κ1) is 16.2. The number of amides is 1. The van der Waals surface area contributed by atoms with Gasteiger partial charge in [0.2, 0.25) is 5.91 Å². The van der Waals surface area contributed by atoms with Crippen LogP contribution in [-0.2, 0) is 16.0 Å². The summed E-state index contributed by atoms with van der Waals surface area (Å²) in [5, 5.41) is 13.1. The van der Waals surface area contributed by atoms with Crippen LogP contribution in [0.5, 0.6) is 0 Å². The highest BCUT2D eigenvalue weighted by atomic mass is 35.5. The van der Waals surface area contributed by atoms with Crippen LogP contribution in [0.25, 0.3) is 0 Å². The second-order valence-corrected chi connectivity index (χ2v) is 5.00. The number of hydrogen-bond donors (Lipinski definition) is 2. The molecule has 0 saturated carbocycles. The van der Waals surface area contributed by atoms with Crippen molar-refractivity contribution < 1.29 is 14.6 Å². The molecule has 106 valence electrons. The summed E-state index contributed by atoms with van der Waals surface area (Å²) in [4.78, 5) is 11.7. The maximum Gasteiger partial charge on any atom is 0.224 e. The maximum atomic E-state index is 11.7. The van der Waals surface area contributed by atoms with Crippen LogP contribution in [0.4, 0.5) is 0 Å². The molecule has 0 saturated heterocycles. The van der Waals surface area contributed by atoms with Gasteiger partial charge in [-0.2, -0.15) is 0 Å². The number of carbonyl (C=O) groups is 1. The lowest BCUT2D eigenvalue weighted by Crippen LogP contribution is -2.29. The minimum absolute atomic E-state index is 0.145. The van der Waals surface area contributed by atoms with Crippen molar-refractivity contribution in [2.24, 2.45) is 0 Å². The van der Waals surface area contributed by atoms with Gasteiger partial charge in [-0.05, 0) is 24.1 Å². The van der Waals surface area contributed by atoms with Crippen LogP contribution in [0, 0.1) is 0 Å². The van der Waals surface area contributed by atoms with E-state index in [9.17, 15) is 9.90 Å². The Morgan fingerprint density at radius 3 is 2.84 bits per heavy atom. The molecule has 1 amide bonds. The van der Waals surface area contributed by atoms with Crippen LogP contribution < -0.4 is 5.32 Å². The lowest BCUT2D eigenvalue weighted by atomic mass is 10.1. The quantitative estimate of drug-likeness (QED) is 0.810. The van der Waals surface area contributed by atoms with Crippen molar-refractivity contribution >= 4 is 29.1 Å². The third-order valence-electron chi connectivity index (χ3n) is 2.52. The fourth-order valence-electron chi connectivity index (χ4n) is 1.55. The van der Waals surface area contributed by atoms with Crippen molar-refractivity contribution in [3.8, 4) is 0 Å². The lowest BCUT2D eigenvalue weighted by molar-refractivity contribution is -0.120. The van der Waals surface area contributed by atoms with E-state index < -0.39 is 6.10 Å². The van der Waals surface area contributed by atoms with Gasteiger partial charge in [0.05, 0.1) is 19.1 Å². The van der Waals surface area contributed by atoms with Gasteiger partial charge < -0.3 is 15.2 Å². The van der Waals surface area contributed by atoms with E-state index in [1.807, 2.05) is 0 Å². The molecule has 1 atom stereocenters. The van der Waals surface area contributed by atoms with Crippen molar-refractivity contribution in [2.45, 2.75) is 18.9 Å². The average molecular weight is 306 g/mol. The van der Waals surface area contributed by atoms with Gasteiger partial charge in [-0.3, -0.25) is 4.79 Å². The monoisotopic (exact) mass is 305 g/mol. The van der Waals surface area contributed by atoms with Crippen molar-refractivity contribution in [3.05, 3.63) is 33.8 Å². The number of carbonyl (C=O) groups excluding carboxylic acids is 1. The summed E-state index contributed by atoms with van der Waals surface area (Å²) in [7, 11) is 1.52. The van der Waals surface area contributed by atoms with Crippen LogP contribution in [-0.4, -0.2) is 37.4 Å². The van der Waals surface area contributed by atoms with E-state index in [4.69, 9.17) is 27.9 Å². The summed E-state index contributed by atoms with van der Waals surface area (Å²) < 4.78 is 4.79. The molecule has 1 unspecified atom stereocenters. The van der Waals surface area contributed by atoms with Gasteiger partial charge in [-0.1, -0.05) is 29.3 Å². The molecule has 1 rings (SSSR count). The topological polar surface area (TPSA) is 58.6 Å². The van der Waals surface area contributed by atoms with Crippen LogP contribution in [0.2, 0.25) is 10.0 Å². The smallest absolute Gasteiger partial charge is 0.224 e. The highest BCUT2D eigenvalue weighted by Crippen LogP contribution is 2.21. The highest BCUT2D eigenvalue weighted by molar-refractivity contribution is 6.35. The zero-order valence-electron chi connectivity index (χ0n) is 10.7. The molecule has 0 aromatic heterocycles. The van der Waals surface area contributed by atoms with Gasteiger partial charge in [0.1, 0.15) is 0 Å². The maximum absolute atomic E-state index is 11.7. The number of methoxy groups -OCH3 is 1. The largest absolute Gasteiger partial charge is 0.391 e. The van der Waals surface area contributed by atoms with Gasteiger partial charge >= 0.3 is 0 Å². The molecule has 19 heavy (non-hydrogen) atoms. The van der Waals surface area contributed by atoms with Gasteiger partial charge in [-0.25, -0.2) is 0 Å². The van der Waals surface area contributed by atoms with Crippen molar-refractivity contribution in [2.75, 3.05) is 20.3 Å². The molecule has 0 aliphatic heterocycles. The summed E-state index contributed by atoms with van der Waals surface area (Å²) in [5.74, 6) is -0.145. The van der Waals surface area contributed by atoms with Gasteiger partial charge in [0.25, 0.3) is 0 Å². The highest BCUT2D eigenvalue weighted by Gasteiger charge is 2.08. The zero-order chi connectivity index (χ0) is 14.3. The van der Waals surface area contributed by atoms with Gasteiger partial charge in [0.15, 0.2) is 0 Å². The first-order valence-corrected chi connectivity index (χ1v) is 6.66. The van der Waals surface area contributed by atoms with Gasteiger partial charge in [-0.15, -0.1) is 0 Å². The molecular formula is C13H17Cl2NO3. The van der Waals surface area contributed by atoms with E-state index >= 15 is 0 Å². The van der Waals surface area contributed by atoms with E-state index in [0.717, 1.165) is 5.56 Å². The fourth-order valence-corrected chi connectivity index (χ4v) is 2.03. The second-order valence-electron chi connectivity index (χ2n) is 4.16. The first-order chi connectivity index (χ1) is 9.02. The molecule has 6 heteroatoms. The van der Waals surface area contributed by atoms with Crippen LogP contribution in [0.3, 0.4) is 0 Å². The summed E-state index contributed by atoms with van der Waals surface area (Å²) >= 11 is 11.8. The second kappa shape index (κ2) is 8.38. The third kappa shape index (κ3) is 6.25. The first-order valence-electron chi connectivity index (χ1n) is 5.90. The molecule has 0 heterocycles. The summed E-state index contributed by atoms with van der Waals surface area (Å²) in [6, 6.07) is 5.02. The summed E-state index contributed by atoms with van der Waals surface area (Å²) in [6.45, 7) is 0.660. The van der Waals surface area contributed by atoms with Crippen molar-refractivity contribution in [1.82, 2.24) is 5.32 Å². The van der Waals surface area contributed by atoms with E-state index in [1.165, 1.54) is 7.11 Å². The van der Waals surface area contributed by atoms with E-state index in [0.29, 0.717) is 23.0 Å². The number of ether oxygens (including phenoxy) is 1. The van der Waals surface area contributed by atoms with Crippen LogP contribution in [0.15, 0.2) is 18.2 Å². The number of halogens is 2. The molecule has 0 aliphatic rings. The van der Waals surface area contributed by atoms with Crippen molar-refractivity contribution in [1.29, 1.82) is 0 Å². The number of benzene rings is 1. The Morgan fingerprint density at radius 1 is 1.47 bits per heavy atom. The predicted molar refractivity (Wildman–Crippen MR) is 75.7 cm³/mol. The predicted octanol–water partition coefficient (Wildman–Crippen LogP) is 2.05. The summed E-state index contributed by atoms with van der Waals surface area (Å²) in [6.07, 6.45) is 0.0778. The molecule has 0 fully saturated rings. The van der Waals surface area contributed by atoms with E-state index in [1.54, 1.807) is 18.2 Å². The van der Waals surface area contributed by atoms with Crippen LogP contribution in [0.1, 0.15) is 12.0 Å². The molecule has 4 nitrogen and oxygen atoms in total. The Bertz CT molecular complexity index is 426. The Balaban J connectivity index is 2.35.